The van der Waals surface area contributed by atoms with E-state index in [0.717, 1.165) is 12.5 Å². The summed E-state index contributed by atoms with van der Waals surface area (Å²) in [6.45, 7) is 3.34. The highest BCUT2D eigenvalue weighted by atomic mass is 14.9. The van der Waals surface area contributed by atoms with E-state index in [0.29, 0.717) is 12.0 Å². The Morgan fingerprint density at radius 2 is 1.95 bits per heavy atom. The van der Waals surface area contributed by atoms with Crippen molar-refractivity contribution in [3.05, 3.63) is 29.6 Å². The number of nitrogens with zero attached hydrogens (tertiary/aromatic N) is 1. The van der Waals surface area contributed by atoms with Gasteiger partial charge in [0, 0.05) is 23.9 Å². The second kappa shape index (κ2) is 7.40. The van der Waals surface area contributed by atoms with Crippen molar-refractivity contribution in [1.29, 1.82) is 0 Å². The van der Waals surface area contributed by atoms with Gasteiger partial charge in [-0.3, -0.25) is 4.98 Å². The summed E-state index contributed by atoms with van der Waals surface area (Å²) >= 11 is 0. The molecule has 0 bridgehead atoms. The number of likely N-dealkylation sites (N-methyl/N-ethyl adjacent to an activating group) is 1. The molecule has 2 aliphatic carbocycles. The molecule has 0 radical (unpaired) electrons. The summed E-state index contributed by atoms with van der Waals surface area (Å²) in [6.07, 6.45) is 14.4. The Labute approximate surface area is 129 Å². The van der Waals surface area contributed by atoms with Crippen LogP contribution in [0.15, 0.2) is 18.3 Å². The Balaban J connectivity index is 1.83. The highest BCUT2D eigenvalue weighted by Crippen LogP contribution is 2.38. The van der Waals surface area contributed by atoms with Crippen molar-refractivity contribution in [2.45, 2.75) is 76.7 Å². The zero-order chi connectivity index (χ0) is 14.5. The number of aromatic nitrogens is 1. The first-order valence-corrected chi connectivity index (χ1v) is 9.07. The standard InChI is InChI=1S/C19H30N2/c1-2-20-18(15-9-5-3-4-6-10-15)17-13-7-11-16-12-8-14-21-19(16)17/h8,12,14-15,17-18,20H,2-7,9-11,13H2,1H3. The molecule has 1 N–H and O–H groups in total. The smallest absolute Gasteiger partial charge is 0.0482 e. The monoisotopic (exact) mass is 286 g/mol. The van der Waals surface area contributed by atoms with E-state index in [1.807, 2.05) is 6.20 Å². The summed E-state index contributed by atoms with van der Waals surface area (Å²) in [7, 11) is 0. The summed E-state index contributed by atoms with van der Waals surface area (Å²) in [5.41, 5.74) is 2.91. The van der Waals surface area contributed by atoms with Gasteiger partial charge in [-0.25, -0.2) is 0 Å². The summed E-state index contributed by atoms with van der Waals surface area (Å²) in [6, 6.07) is 5.04. The Hall–Kier alpha value is -0.890. The molecule has 2 atom stereocenters. The molecule has 2 nitrogen and oxygen atoms in total. The number of fused-ring (bicyclic) bond motifs is 1. The van der Waals surface area contributed by atoms with Gasteiger partial charge in [-0.2, -0.15) is 0 Å². The van der Waals surface area contributed by atoms with Gasteiger partial charge in [-0.15, -0.1) is 0 Å². The van der Waals surface area contributed by atoms with Crippen molar-refractivity contribution in [3.8, 4) is 0 Å². The van der Waals surface area contributed by atoms with E-state index in [2.05, 4.69) is 24.4 Å². The summed E-state index contributed by atoms with van der Waals surface area (Å²) < 4.78 is 0. The molecule has 1 fully saturated rings. The van der Waals surface area contributed by atoms with E-state index < -0.39 is 0 Å². The molecule has 2 heteroatoms. The molecule has 116 valence electrons. The molecular formula is C19H30N2. The molecule has 1 saturated carbocycles. The van der Waals surface area contributed by atoms with Crippen molar-refractivity contribution in [2.24, 2.45) is 5.92 Å². The maximum absolute atomic E-state index is 4.78. The van der Waals surface area contributed by atoms with Gasteiger partial charge in [-0.05, 0) is 56.2 Å². The molecule has 1 aromatic rings. The minimum absolute atomic E-state index is 0.637. The van der Waals surface area contributed by atoms with Crippen molar-refractivity contribution in [1.82, 2.24) is 10.3 Å². The molecule has 0 aliphatic heterocycles. The lowest BCUT2D eigenvalue weighted by Gasteiger charge is -2.37. The fourth-order valence-corrected chi connectivity index (χ4v) is 4.54. The quantitative estimate of drug-likeness (QED) is 0.827. The van der Waals surface area contributed by atoms with Crippen LogP contribution in [0.4, 0.5) is 0 Å². The molecule has 0 aromatic carbocycles. The van der Waals surface area contributed by atoms with Gasteiger partial charge in [-0.1, -0.05) is 38.7 Å². The Bertz CT molecular complexity index is 435. The lowest BCUT2D eigenvalue weighted by atomic mass is 9.75. The fraction of sp³-hybridized carbons (Fsp3) is 0.737. The summed E-state index contributed by atoms with van der Waals surface area (Å²) in [5.74, 6) is 1.49. The zero-order valence-corrected chi connectivity index (χ0v) is 13.5. The topological polar surface area (TPSA) is 24.9 Å². The van der Waals surface area contributed by atoms with Crippen LogP contribution in [-0.2, 0) is 6.42 Å². The van der Waals surface area contributed by atoms with Crippen LogP contribution in [0.1, 0.15) is 75.5 Å². The number of aryl methyl sites for hydroxylation is 1. The maximum atomic E-state index is 4.78. The number of nitrogens with one attached hydrogen (secondary N) is 1. The van der Waals surface area contributed by atoms with Gasteiger partial charge in [0.05, 0.1) is 0 Å². The van der Waals surface area contributed by atoms with Crippen LogP contribution in [0.25, 0.3) is 0 Å². The predicted octanol–water partition coefficient (Wildman–Crippen LogP) is 4.45. The highest BCUT2D eigenvalue weighted by Gasteiger charge is 2.33. The number of hydrogen-bond donors (Lipinski definition) is 1. The van der Waals surface area contributed by atoms with E-state index in [4.69, 9.17) is 4.98 Å². The third-order valence-corrected chi connectivity index (χ3v) is 5.52. The number of pyridine rings is 1. The molecule has 3 rings (SSSR count). The van der Waals surface area contributed by atoms with E-state index in [1.165, 1.54) is 69.0 Å². The van der Waals surface area contributed by atoms with E-state index in [-0.39, 0.29) is 0 Å². The van der Waals surface area contributed by atoms with Gasteiger partial charge in [0.2, 0.25) is 0 Å². The largest absolute Gasteiger partial charge is 0.313 e. The fourth-order valence-electron chi connectivity index (χ4n) is 4.54. The highest BCUT2D eigenvalue weighted by molar-refractivity contribution is 5.27. The summed E-state index contributed by atoms with van der Waals surface area (Å²) in [4.78, 5) is 4.78. The predicted molar refractivity (Wildman–Crippen MR) is 88.6 cm³/mol. The zero-order valence-electron chi connectivity index (χ0n) is 13.5. The minimum atomic E-state index is 0.637. The van der Waals surface area contributed by atoms with Crippen LogP contribution in [0.3, 0.4) is 0 Å². The van der Waals surface area contributed by atoms with Gasteiger partial charge >= 0.3 is 0 Å². The van der Waals surface area contributed by atoms with E-state index in [1.54, 1.807) is 0 Å². The summed E-state index contributed by atoms with van der Waals surface area (Å²) in [5, 5.41) is 3.85. The second-order valence-corrected chi connectivity index (χ2v) is 6.88. The van der Waals surface area contributed by atoms with Crippen molar-refractivity contribution < 1.29 is 0 Å². The van der Waals surface area contributed by atoms with Crippen LogP contribution in [-0.4, -0.2) is 17.6 Å². The number of hydrogen-bond acceptors (Lipinski definition) is 2. The Kier molecular flexibility index (Phi) is 5.29. The Morgan fingerprint density at radius 1 is 1.14 bits per heavy atom. The lowest BCUT2D eigenvalue weighted by molar-refractivity contribution is 0.263. The first-order chi connectivity index (χ1) is 10.4. The van der Waals surface area contributed by atoms with E-state index in [9.17, 15) is 0 Å². The SMILES string of the molecule is CCNC(C1CCCCCC1)C1CCCc2cccnc21. The van der Waals surface area contributed by atoms with Crippen molar-refractivity contribution >= 4 is 0 Å². The second-order valence-electron chi connectivity index (χ2n) is 6.88. The van der Waals surface area contributed by atoms with Crippen LogP contribution in [0, 0.1) is 5.92 Å². The lowest BCUT2D eigenvalue weighted by Crippen LogP contribution is -2.42. The van der Waals surface area contributed by atoms with Gasteiger partial charge < -0.3 is 5.32 Å². The molecule has 2 unspecified atom stereocenters. The average molecular weight is 286 g/mol. The van der Waals surface area contributed by atoms with Crippen LogP contribution < -0.4 is 5.32 Å². The molecule has 0 amide bonds. The van der Waals surface area contributed by atoms with Crippen LogP contribution >= 0.6 is 0 Å². The molecule has 0 saturated heterocycles. The number of rotatable bonds is 4. The maximum Gasteiger partial charge on any atom is 0.0482 e. The van der Waals surface area contributed by atoms with Crippen LogP contribution in [0.5, 0.6) is 0 Å². The first kappa shape index (κ1) is 15.0. The molecular weight excluding hydrogens is 256 g/mol. The third kappa shape index (κ3) is 3.48. The van der Waals surface area contributed by atoms with Gasteiger partial charge in [0.15, 0.2) is 0 Å². The Morgan fingerprint density at radius 3 is 2.71 bits per heavy atom. The van der Waals surface area contributed by atoms with Gasteiger partial charge in [0.25, 0.3) is 0 Å². The normalized spacial score (nSPS) is 25.1. The molecule has 1 heterocycles. The molecule has 2 aliphatic rings. The third-order valence-electron chi connectivity index (χ3n) is 5.52. The molecule has 0 spiro atoms. The first-order valence-electron chi connectivity index (χ1n) is 9.07. The average Bonchev–Trinajstić information content (AvgIpc) is 2.81. The molecule has 21 heavy (non-hydrogen) atoms. The van der Waals surface area contributed by atoms with Crippen molar-refractivity contribution in [2.75, 3.05) is 6.54 Å². The van der Waals surface area contributed by atoms with Crippen molar-refractivity contribution in [3.63, 3.8) is 0 Å². The van der Waals surface area contributed by atoms with E-state index >= 15 is 0 Å². The minimum Gasteiger partial charge on any atom is -0.313 e. The molecule has 1 aromatic heterocycles. The van der Waals surface area contributed by atoms with Crippen LogP contribution in [0.2, 0.25) is 0 Å². The van der Waals surface area contributed by atoms with Gasteiger partial charge in [0.1, 0.15) is 0 Å².